The first-order chi connectivity index (χ1) is 9.71. The van der Waals surface area contributed by atoms with E-state index in [1.807, 2.05) is 18.2 Å². The first-order valence-corrected chi connectivity index (χ1v) is 10.5. The monoisotopic (exact) mass is 304 g/mol. The van der Waals surface area contributed by atoms with Gasteiger partial charge >= 0.3 is 0 Å². The Kier molecular flexibility index (Phi) is 6.06. The zero-order valence-electron chi connectivity index (χ0n) is 13.9. The number of terminal acetylenes is 1. The molecule has 116 valence electrons. The lowest BCUT2D eigenvalue weighted by Gasteiger charge is -2.37. The van der Waals surface area contributed by atoms with E-state index in [0.717, 1.165) is 17.7 Å². The van der Waals surface area contributed by atoms with Gasteiger partial charge in [0, 0.05) is 12.5 Å². The molecule has 1 N–H and O–H groups in total. The number of benzene rings is 1. The zero-order valence-corrected chi connectivity index (χ0v) is 14.9. The minimum absolute atomic E-state index is 0.0548. The highest BCUT2D eigenvalue weighted by molar-refractivity contribution is 6.74. The lowest BCUT2D eigenvalue weighted by molar-refractivity contribution is 0.271. The molecular formula is C18H28O2Si. The van der Waals surface area contributed by atoms with Crippen molar-refractivity contribution in [1.82, 2.24) is 0 Å². The van der Waals surface area contributed by atoms with Gasteiger partial charge < -0.3 is 9.53 Å². The van der Waals surface area contributed by atoms with Gasteiger partial charge in [0.1, 0.15) is 5.75 Å². The van der Waals surface area contributed by atoms with E-state index in [2.05, 4.69) is 45.9 Å². The van der Waals surface area contributed by atoms with Crippen LogP contribution in [0.3, 0.4) is 0 Å². The number of para-hydroxylation sites is 1. The standard InChI is InChI=1S/C18H28O2Si/c1-7-15(12-13-19)14-16-10-8-9-11-17(16)20-21(5,6)18(2,3)4/h1,8-11,15,19H,12-14H2,2-6H3. The van der Waals surface area contributed by atoms with Crippen LogP contribution in [0.2, 0.25) is 18.1 Å². The summed E-state index contributed by atoms with van der Waals surface area (Å²) < 4.78 is 6.43. The molecule has 1 aromatic carbocycles. The third-order valence-electron chi connectivity index (χ3n) is 4.32. The predicted octanol–water partition coefficient (Wildman–Crippen LogP) is 4.24. The molecule has 0 fully saturated rings. The van der Waals surface area contributed by atoms with E-state index in [0.29, 0.717) is 6.42 Å². The second-order valence-electron chi connectivity index (χ2n) is 7.05. The molecule has 0 amide bonds. The predicted molar refractivity (Wildman–Crippen MR) is 92.0 cm³/mol. The summed E-state index contributed by atoms with van der Waals surface area (Å²) in [5, 5.41) is 9.25. The molecule has 0 bridgehead atoms. The Bertz CT molecular complexity index is 495. The van der Waals surface area contributed by atoms with Crippen LogP contribution in [0, 0.1) is 18.3 Å². The van der Waals surface area contributed by atoms with Crippen LogP contribution in [0.1, 0.15) is 32.8 Å². The summed E-state index contributed by atoms with van der Waals surface area (Å²) in [7, 11) is -1.86. The van der Waals surface area contributed by atoms with Gasteiger partial charge in [0.15, 0.2) is 0 Å². The quantitative estimate of drug-likeness (QED) is 0.629. The van der Waals surface area contributed by atoms with Crippen molar-refractivity contribution in [3.63, 3.8) is 0 Å². The topological polar surface area (TPSA) is 29.5 Å². The fourth-order valence-corrected chi connectivity index (χ4v) is 2.92. The van der Waals surface area contributed by atoms with Gasteiger partial charge in [0.05, 0.1) is 0 Å². The normalized spacial score (nSPS) is 13.6. The Morgan fingerprint density at radius 3 is 2.43 bits per heavy atom. The van der Waals surface area contributed by atoms with Crippen molar-refractivity contribution in [1.29, 1.82) is 0 Å². The third-order valence-corrected chi connectivity index (χ3v) is 8.67. The highest BCUT2D eigenvalue weighted by Crippen LogP contribution is 2.38. The third kappa shape index (κ3) is 4.91. The number of rotatable bonds is 6. The van der Waals surface area contributed by atoms with Crippen LogP contribution in [-0.2, 0) is 6.42 Å². The Morgan fingerprint density at radius 1 is 1.29 bits per heavy atom. The van der Waals surface area contributed by atoms with Crippen molar-refractivity contribution < 1.29 is 9.53 Å². The number of hydrogen-bond acceptors (Lipinski definition) is 2. The van der Waals surface area contributed by atoms with Crippen molar-refractivity contribution in [2.45, 2.75) is 51.7 Å². The molecule has 0 radical (unpaired) electrons. The van der Waals surface area contributed by atoms with Crippen molar-refractivity contribution in [3.05, 3.63) is 29.8 Å². The first-order valence-electron chi connectivity index (χ1n) is 7.55. The van der Waals surface area contributed by atoms with Gasteiger partial charge in [0.25, 0.3) is 0 Å². The van der Waals surface area contributed by atoms with Crippen LogP contribution in [0.25, 0.3) is 0 Å². The summed E-state index contributed by atoms with van der Waals surface area (Å²) in [6.45, 7) is 11.3. The van der Waals surface area contributed by atoms with Crippen LogP contribution >= 0.6 is 0 Å². The molecule has 2 nitrogen and oxygen atoms in total. The van der Waals surface area contributed by atoms with Gasteiger partial charge in [-0.25, -0.2) is 0 Å². The molecule has 1 rings (SSSR count). The summed E-state index contributed by atoms with van der Waals surface area (Å²) >= 11 is 0. The summed E-state index contributed by atoms with van der Waals surface area (Å²) in [6.07, 6.45) is 6.94. The summed E-state index contributed by atoms with van der Waals surface area (Å²) in [6, 6.07) is 8.12. The fourth-order valence-electron chi connectivity index (χ4n) is 1.87. The Balaban J connectivity index is 2.98. The van der Waals surface area contributed by atoms with Crippen LogP contribution in [-0.4, -0.2) is 20.0 Å². The molecular weight excluding hydrogens is 276 g/mol. The lowest BCUT2D eigenvalue weighted by Crippen LogP contribution is -2.44. The van der Waals surface area contributed by atoms with E-state index in [9.17, 15) is 0 Å². The zero-order chi connectivity index (χ0) is 16.1. The van der Waals surface area contributed by atoms with Crippen molar-refractivity contribution in [2.75, 3.05) is 6.61 Å². The Hall–Kier alpha value is -1.24. The number of aliphatic hydroxyl groups is 1. The van der Waals surface area contributed by atoms with E-state index in [4.69, 9.17) is 16.0 Å². The second-order valence-corrected chi connectivity index (χ2v) is 11.8. The maximum absolute atomic E-state index is 9.09. The molecule has 0 spiro atoms. The average molecular weight is 305 g/mol. The van der Waals surface area contributed by atoms with Gasteiger partial charge in [0.2, 0.25) is 8.32 Å². The first kappa shape index (κ1) is 17.8. The molecule has 0 aromatic heterocycles. The van der Waals surface area contributed by atoms with Gasteiger partial charge in [-0.3, -0.25) is 0 Å². The van der Waals surface area contributed by atoms with E-state index in [1.54, 1.807) is 0 Å². The fraction of sp³-hybridized carbons (Fsp3) is 0.556. The van der Waals surface area contributed by atoms with E-state index in [-0.39, 0.29) is 17.6 Å². The minimum atomic E-state index is -1.86. The molecule has 0 saturated heterocycles. The van der Waals surface area contributed by atoms with E-state index in [1.165, 1.54) is 0 Å². The largest absolute Gasteiger partial charge is 0.543 e. The van der Waals surface area contributed by atoms with Gasteiger partial charge in [-0.15, -0.1) is 12.3 Å². The summed E-state index contributed by atoms with van der Waals surface area (Å²) in [5.74, 6) is 3.77. The lowest BCUT2D eigenvalue weighted by atomic mass is 9.97. The molecule has 0 aliphatic heterocycles. The molecule has 21 heavy (non-hydrogen) atoms. The van der Waals surface area contributed by atoms with Crippen molar-refractivity contribution in [3.8, 4) is 18.1 Å². The van der Waals surface area contributed by atoms with Gasteiger partial charge in [-0.05, 0) is 42.6 Å². The van der Waals surface area contributed by atoms with Crippen molar-refractivity contribution >= 4 is 8.32 Å². The second kappa shape index (κ2) is 7.15. The van der Waals surface area contributed by atoms with Crippen LogP contribution in [0.5, 0.6) is 5.75 Å². The molecule has 1 unspecified atom stereocenters. The van der Waals surface area contributed by atoms with E-state index >= 15 is 0 Å². The van der Waals surface area contributed by atoms with Crippen LogP contribution in [0.4, 0.5) is 0 Å². The van der Waals surface area contributed by atoms with Crippen LogP contribution in [0.15, 0.2) is 24.3 Å². The van der Waals surface area contributed by atoms with E-state index < -0.39 is 8.32 Å². The Labute approximate surface area is 130 Å². The molecule has 0 aliphatic rings. The smallest absolute Gasteiger partial charge is 0.250 e. The van der Waals surface area contributed by atoms with Gasteiger partial charge in [-0.2, -0.15) is 0 Å². The summed E-state index contributed by atoms with van der Waals surface area (Å²) in [4.78, 5) is 0. The SMILES string of the molecule is C#CC(CCO)Cc1ccccc1O[Si](C)(C)C(C)(C)C. The number of hydrogen-bond donors (Lipinski definition) is 1. The van der Waals surface area contributed by atoms with Crippen molar-refractivity contribution in [2.24, 2.45) is 5.92 Å². The minimum Gasteiger partial charge on any atom is -0.543 e. The highest BCUT2D eigenvalue weighted by atomic mass is 28.4. The molecule has 0 saturated carbocycles. The maximum atomic E-state index is 9.09. The molecule has 1 atom stereocenters. The molecule has 1 aromatic rings. The molecule has 3 heteroatoms. The highest BCUT2D eigenvalue weighted by Gasteiger charge is 2.39. The van der Waals surface area contributed by atoms with Gasteiger partial charge in [-0.1, -0.05) is 39.0 Å². The molecule has 0 aliphatic carbocycles. The maximum Gasteiger partial charge on any atom is 0.250 e. The summed E-state index contributed by atoms with van der Waals surface area (Å²) in [5.41, 5.74) is 1.14. The number of aliphatic hydroxyl groups excluding tert-OH is 1. The molecule has 0 heterocycles. The Morgan fingerprint density at radius 2 is 1.90 bits per heavy atom. The average Bonchev–Trinajstić information content (AvgIpc) is 2.38. The van der Waals surface area contributed by atoms with Crippen LogP contribution < -0.4 is 4.43 Å².